The van der Waals surface area contributed by atoms with Crippen LogP contribution in [0, 0.1) is 0 Å². The van der Waals surface area contributed by atoms with E-state index >= 15 is 0 Å². The summed E-state index contributed by atoms with van der Waals surface area (Å²) in [5.41, 5.74) is 9.88. The highest BCUT2D eigenvalue weighted by atomic mass is 16.5. The summed E-state index contributed by atoms with van der Waals surface area (Å²) in [6.45, 7) is 0.630. The van der Waals surface area contributed by atoms with Crippen molar-refractivity contribution in [3.05, 3.63) is 78.4 Å². The third kappa shape index (κ3) is 3.94. The van der Waals surface area contributed by atoms with Gasteiger partial charge in [-0.15, -0.1) is 0 Å². The molecule has 0 amide bonds. The Morgan fingerprint density at radius 1 is 1.12 bits per heavy atom. The second-order valence-corrected chi connectivity index (χ2v) is 7.94. The van der Waals surface area contributed by atoms with Crippen molar-refractivity contribution in [1.29, 1.82) is 0 Å². The van der Waals surface area contributed by atoms with E-state index in [1.54, 1.807) is 6.20 Å². The molecule has 0 radical (unpaired) electrons. The molecule has 2 heterocycles. The number of aromatic nitrogens is 3. The van der Waals surface area contributed by atoms with Crippen LogP contribution in [0.15, 0.2) is 67.0 Å². The first-order valence-electron chi connectivity index (χ1n) is 10.7. The summed E-state index contributed by atoms with van der Waals surface area (Å²) in [6.07, 6.45) is 6.12. The molecule has 7 heteroatoms. The van der Waals surface area contributed by atoms with Crippen molar-refractivity contribution in [1.82, 2.24) is 14.4 Å². The summed E-state index contributed by atoms with van der Waals surface area (Å²) < 4.78 is 13.6. The number of rotatable bonds is 8. The molecule has 1 saturated carbocycles. The first-order valence-corrected chi connectivity index (χ1v) is 10.7. The fourth-order valence-electron chi connectivity index (χ4n) is 4.14. The average molecular weight is 428 g/mol. The van der Waals surface area contributed by atoms with Crippen LogP contribution >= 0.6 is 0 Å². The van der Waals surface area contributed by atoms with Gasteiger partial charge in [0.1, 0.15) is 48.1 Å². The molecule has 0 bridgehead atoms. The van der Waals surface area contributed by atoms with Crippen molar-refractivity contribution < 1.29 is 14.3 Å². The van der Waals surface area contributed by atoms with Crippen LogP contribution in [-0.4, -0.2) is 33.4 Å². The van der Waals surface area contributed by atoms with Crippen LogP contribution < -0.4 is 10.5 Å². The minimum atomic E-state index is 0.0925. The van der Waals surface area contributed by atoms with Gasteiger partial charge in [0.25, 0.3) is 0 Å². The minimum absolute atomic E-state index is 0.0925. The van der Waals surface area contributed by atoms with E-state index in [0.717, 1.165) is 53.0 Å². The van der Waals surface area contributed by atoms with Gasteiger partial charge >= 0.3 is 0 Å². The largest absolute Gasteiger partial charge is 0.489 e. The van der Waals surface area contributed by atoms with E-state index in [1.165, 1.54) is 0 Å². The molecule has 0 spiro atoms. The van der Waals surface area contributed by atoms with E-state index in [1.807, 2.05) is 65.2 Å². The lowest BCUT2D eigenvalue weighted by molar-refractivity contribution is -0.116. The third-order valence-corrected chi connectivity index (χ3v) is 5.83. The highest BCUT2D eigenvalue weighted by Gasteiger charge is 2.35. The summed E-state index contributed by atoms with van der Waals surface area (Å²) in [4.78, 5) is 19.8. The number of nitrogens with zero attached hydrogens (tertiary/aromatic N) is 3. The fraction of sp³-hybridized carbons (Fsp3) is 0.240. The van der Waals surface area contributed by atoms with E-state index in [9.17, 15) is 4.79 Å². The van der Waals surface area contributed by atoms with Gasteiger partial charge in [-0.25, -0.2) is 9.97 Å². The predicted octanol–water partition coefficient (Wildman–Crippen LogP) is 4.02. The molecule has 1 aliphatic rings. The Bertz CT molecular complexity index is 1230. The minimum Gasteiger partial charge on any atom is -0.489 e. The quantitative estimate of drug-likeness (QED) is 0.426. The molecule has 162 valence electrons. The molecule has 2 aromatic heterocycles. The fourth-order valence-corrected chi connectivity index (χ4v) is 4.14. The van der Waals surface area contributed by atoms with Gasteiger partial charge in [-0.05, 0) is 30.5 Å². The Kier molecular flexibility index (Phi) is 5.56. The van der Waals surface area contributed by atoms with Gasteiger partial charge in [0.05, 0.1) is 6.10 Å². The lowest BCUT2D eigenvalue weighted by Gasteiger charge is -2.33. The topological polar surface area (TPSA) is 91.7 Å². The molecule has 1 fully saturated rings. The molecule has 1 aliphatic carbocycles. The molecule has 7 nitrogen and oxygen atoms in total. The number of carbonyl (C=O) groups is 1. The second kappa shape index (κ2) is 8.80. The second-order valence-electron chi connectivity index (χ2n) is 7.94. The van der Waals surface area contributed by atoms with Crippen molar-refractivity contribution in [2.24, 2.45) is 0 Å². The standard InChI is InChI=1S/C25H24N4O3/c26-24-23-22(18-7-4-8-20(13-18)32-16-17-5-2-1-3-6-17)28-25(29(23)10-9-27-24)19-14-21(15-19)31-12-11-30/h1-11,13,19,21H,12,14-16H2,(H2,26,27). The first-order chi connectivity index (χ1) is 15.7. The Labute approximate surface area is 185 Å². The zero-order chi connectivity index (χ0) is 21.9. The van der Waals surface area contributed by atoms with Crippen LogP contribution in [0.5, 0.6) is 5.75 Å². The number of anilines is 1. The maximum absolute atomic E-state index is 10.6. The number of imidazole rings is 1. The number of carbonyl (C=O) groups excluding carboxylic acids is 1. The van der Waals surface area contributed by atoms with E-state index < -0.39 is 0 Å². The smallest absolute Gasteiger partial charge is 0.150 e. The number of nitrogens with two attached hydrogens (primary N) is 1. The van der Waals surface area contributed by atoms with Crippen LogP contribution in [0.3, 0.4) is 0 Å². The number of benzene rings is 2. The monoisotopic (exact) mass is 428 g/mol. The zero-order valence-corrected chi connectivity index (χ0v) is 17.6. The van der Waals surface area contributed by atoms with Gasteiger partial charge in [0.15, 0.2) is 0 Å². The normalized spacial score (nSPS) is 17.8. The molecule has 0 unspecified atom stereocenters. The maximum Gasteiger partial charge on any atom is 0.150 e. The summed E-state index contributed by atoms with van der Waals surface area (Å²) >= 11 is 0. The van der Waals surface area contributed by atoms with Gasteiger partial charge in [0.2, 0.25) is 0 Å². The molecule has 4 aromatic rings. The highest BCUT2D eigenvalue weighted by Crippen LogP contribution is 2.41. The van der Waals surface area contributed by atoms with Crippen molar-refractivity contribution in [2.75, 3.05) is 12.3 Å². The van der Waals surface area contributed by atoms with E-state index in [0.29, 0.717) is 12.4 Å². The number of aldehydes is 1. The number of hydrogen-bond donors (Lipinski definition) is 1. The summed E-state index contributed by atoms with van der Waals surface area (Å²) in [7, 11) is 0. The Hall–Kier alpha value is -3.71. The van der Waals surface area contributed by atoms with Gasteiger partial charge in [0, 0.05) is 23.9 Å². The number of ether oxygens (including phenoxy) is 2. The molecule has 0 aliphatic heterocycles. The molecule has 2 aromatic carbocycles. The first kappa shape index (κ1) is 20.2. The van der Waals surface area contributed by atoms with Gasteiger partial charge in [-0.2, -0.15) is 0 Å². The average Bonchev–Trinajstić information content (AvgIpc) is 3.18. The molecule has 0 atom stereocenters. The molecule has 5 rings (SSSR count). The number of hydrogen-bond acceptors (Lipinski definition) is 6. The van der Waals surface area contributed by atoms with E-state index in [-0.39, 0.29) is 18.6 Å². The third-order valence-electron chi connectivity index (χ3n) is 5.83. The lowest BCUT2D eigenvalue weighted by atomic mass is 9.81. The van der Waals surface area contributed by atoms with Crippen LogP contribution in [0.1, 0.15) is 30.1 Å². The number of fused-ring (bicyclic) bond motifs is 1. The Morgan fingerprint density at radius 3 is 2.78 bits per heavy atom. The SMILES string of the molecule is Nc1nccn2c(C3CC(OCC=O)C3)nc(-c3cccc(OCc4ccccc4)c3)c12. The van der Waals surface area contributed by atoms with Crippen molar-refractivity contribution in [3.63, 3.8) is 0 Å². The van der Waals surface area contributed by atoms with Crippen molar-refractivity contribution in [3.8, 4) is 17.0 Å². The van der Waals surface area contributed by atoms with Gasteiger partial charge in [-0.3, -0.25) is 4.40 Å². The summed E-state index contributed by atoms with van der Waals surface area (Å²) in [5, 5.41) is 0. The van der Waals surface area contributed by atoms with E-state index in [2.05, 4.69) is 4.98 Å². The molecule has 32 heavy (non-hydrogen) atoms. The van der Waals surface area contributed by atoms with Gasteiger partial charge in [-0.1, -0.05) is 42.5 Å². The van der Waals surface area contributed by atoms with E-state index in [4.69, 9.17) is 20.2 Å². The molecular formula is C25H24N4O3. The van der Waals surface area contributed by atoms with Crippen molar-refractivity contribution >= 4 is 17.6 Å². The highest BCUT2D eigenvalue weighted by molar-refractivity contribution is 5.85. The molecular weight excluding hydrogens is 404 g/mol. The lowest BCUT2D eigenvalue weighted by Crippen LogP contribution is -2.31. The predicted molar refractivity (Wildman–Crippen MR) is 121 cm³/mol. The van der Waals surface area contributed by atoms with Crippen LogP contribution in [0.4, 0.5) is 5.82 Å². The van der Waals surface area contributed by atoms with Crippen LogP contribution in [0.2, 0.25) is 0 Å². The van der Waals surface area contributed by atoms with Gasteiger partial charge < -0.3 is 20.0 Å². The zero-order valence-electron chi connectivity index (χ0n) is 17.6. The molecule has 2 N–H and O–H groups in total. The van der Waals surface area contributed by atoms with Crippen LogP contribution in [0.25, 0.3) is 16.8 Å². The maximum atomic E-state index is 10.6. The Morgan fingerprint density at radius 2 is 1.97 bits per heavy atom. The van der Waals surface area contributed by atoms with Crippen LogP contribution in [-0.2, 0) is 16.1 Å². The summed E-state index contributed by atoms with van der Waals surface area (Å²) in [5.74, 6) is 2.38. The Balaban J connectivity index is 1.44. The molecule has 0 saturated heterocycles. The number of nitrogen functional groups attached to an aromatic ring is 1. The van der Waals surface area contributed by atoms with Crippen molar-refractivity contribution in [2.45, 2.75) is 31.5 Å². The summed E-state index contributed by atoms with van der Waals surface area (Å²) in [6, 6.07) is 17.9.